The average Bonchev–Trinajstić information content (AvgIpc) is 2.27. The van der Waals surface area contributed by atoms with E-state index in [2.05, 4.69) is 0 Å². The van der Waals surface area contributed by atoms with E-state index in [0.29, 0.717) is 11.3 Å². The maximum Gasteiger partial charge on any atom is 0.158 e. The molecule has 0 saturated heterocycles. The van der Waals surface area contributed by atoms with Gasteiger partial charge in [-0.1, -0.05) is 24.4 Å². The number of thiocarbonyl (C=S) groups is 1. The predicted octanol–water partition coefficient (Wildman–Crippen LogP) is 1.91. The molecule has 0 radical (unpaired) electrons. The van der Waals surface area contributed by atoms with Crippen molar-refractivity contribution in [1.82, 2.24) is 0 Å². The highest BCUT2D eigenvalue weighted by molar-refractivity contribution is 7.92. The Morgan fingerprint density at radius 3 is 2.53 bits per heavy atom. The van der Waals surface area contributed by atoms with Gasteiger partial charge < -0.3 is 10.5 Å². The monoisotopic (exact) mass is 301 g/mol. The van der Waals surface area contributed by atoms with E-state index < -0.39 is 14.6 Å². The molecule has 0 spiro atoms. The molecule has 19 heavy (non-hydrogen) atoms. The smallest absolute Gasteiger partial charge is 0.158 e. The quantitative estimate of drug-likeness (QED) is 0.841. The Labute approximate surface area is 119 Å². The third-order valence-electron chi connectivity index (χ3n) is 2.67. The zero-order valence-electron chi connectivity index (χ0n) is 11.3. The highest BCUT2D eigenvalue weighted by Crippen LogP contribution is 2.17. The lowest BCUT2D eigenvalue weighted by Gasteiger charge is -2.19. The molecule has 0 atom stereocenters. The molecule has 0 aliphatic rings. The van der Waals surface area contributed by atoms with Crippen molar-refractivity contribution in [3.05, 3.63) is 29.8 Å². The number of hydrogen-bond donors (Lipinski definition) is 1. The van der Waals surface area contributed by atoms with Gasteiger partial charge in [0.1, 0.15) is 17.3 Å². The lowest BCUT2D eigenvalue weighted by Crippen LogP contribution is -2.32. The minimum atomic E-state index is -3.17. The first-order chi connectivity index (χ1) is 8.63. The van der Waals surface area contributed by atoms with Gasteiger partial charge in [0.15, 0.2) is 9.84 Å². The lowest BCUT2D eigenvalue weighted by molar-refractivity contribution is 0.339. The summed E-state index contributed by atoms with van der Waals surface area (Å²) >= 11 is 4.87. The summed E-state index contributed by atoms with van der Waals surface area (Å²) in [5, 5.41) is 0. The van der Waals surface area contributed by atoms with Gasteiger partial charge >= 0.3 is 0 Å². The highest BCUT2D eigenvalue weighted by atomic mass is 32.2. The summed E-state index contributed by atoms with van der Waals surface area (Å²) in [4.78, 5) is 0.285. The van der Waals surface area contributed by atoms with Crippen molar-refractivity contribution in [2.45, 2.75) is 25.5 Å². The Hall–Kier alpha value is -1.14. The van der Waals surface area contributed by atoms with Crippen molar-refractivity contribution < 1.29 is 13.2 Å². The first-order valence-electron chi connectivity index (χ1n) is 5.88. The lowest BCUT2D eigenvalue weighted by atomic mass is 10.2. The molecule has 106 valence electrons. The van der Waals surface area contributed by atoms with Gasteiger partial charge in [-0.3, -0.25) is 0 Å². The van der Waals surface area contributed by atoms with Crippen LogP contribution in [-0.2, 0) is 9.84 Å². The Morgan fingerprint density at radius 2 is 2.00 bits per heavy atom. The topological polar surface area (TPSA) is 69.4 Å². The van der Waals surface area contributed by atoms with Crippen molar-refractivity contribution in [2.75, 3.05) is 12.4 Å². The molecule has 0 fully saturated rings. The number of nitrogens with two attached hydrogens (primary N) is 1. The van der Waals surface area contributed by atoms with Crippen LogP contribution in [0.4, 0.5) is 0 Å². The second kappa shape index (κ2) is 5.88. The molecular formula is C13H19NO3S2. The molecule has 1 rings (SSSR count). The summed E-state index contributed by atoms with van der Waals surface area (Å²) in [7, 11) is -3.17. The number of hydrogen-bond acceptors (Lipinski definition) is 4. The minimum absolute atomic E-state index is 0.0200. The first-order valence-corrected chi connectivity index (χ1v) is 7.94. The summed E-state index contributed by atoms with van der Waals surface area (Å²) in [6.07, 6.45) is 0. The second-order valence-electron chi connectivity index (χ2n) is 5.17. The molecule has 2 N–H and O–H groups in total. The summed E-state index contributed by atoms with van der Waals surface area (Å²) in [5.74, 6) is 0.544. The van der Waals surface area contributed by atoms with E-state index in [9.17, 15) is 8.42 Å². The molecule has 0 aromatic heterocycles. The minimum Gasteiger partial charge on any atom is -0.493 e. The maximum absolute atomic E-state index is 11.9. The highest BCUT2D eigenvalue weighted by Gasteiger charge is 2.28. The van der Waals surface area contributed by atoms with Crippen molar-refractivity contribution in [2.24, 2.45) is 5.73 Å². The van der Waals surface area contributed by atoms with E-state index in [-0.39, 0.29) is 17.3 Å². The molecule has 0 bridgehead atoms. The SMILES string of the molecule is CC(C)(C)S(=O)(=O)CCOc1cccc(C(N)=S)c1. The van der Waals surface area contributed by atoms with Gasteiger partial charge in [0.2, 0.25) is 0 Å². The molecule has 0 aliphatic carbocycles. The second-order valence-corrected chi connectivity index (χ2v) is 8.47. The Bertz CT molecular complexity index is 559. The number of benzene rings is 1. The van der Waals surface area contributed by atoms with Crippen molar-refractivity contribution in [3.63, 3.8) is 0 Å². The van der Waals surface area contributed by atoms with E-state index in [0.717, 1.165) is 0 Å². The number of sulfone groups is 1. The molecule has 0 amide bonds. The van der Waals surface area contributed by atoms with E-state index in [1.54, 1.807) is 45.0 Å². The van der Waals surface area contributed by atoms with Crippen LogP contribution in [0.25, 0.3) is 0 Å². The fraction of sp³-hybridized carbons (Fsp3) is 0.462. The van der Waals surface area contributed by atoms with Crippen LogP contribution in [0.3, 0.4) is 0 Å². The molecule has 0 heterocycles. The van der Waals surface area contributed by atoms with Gasteiger partial charge in [0.05, 0.1) is 10.5 Å². The van der Waals surface area contributed by atoms with Crippen LogP contribution in [0.15, 0.2) is 24.3 Å². The fourth-order valence-electron chi connectivity index (χ4n) is 1.31. The zero-order chi connectivity index (χ0) is 14.7. The molecule has 0 aliphatic heterocycles. The van der Waals surface area contributed by atoms with E-state index in [4.69, 9.17) is 22.7 Å². The third kappa shape index (κ3) is 4.47. The van der Waals surface area contributed by atoms with Crippen LogP contribution in [0, 0.1) is 0 Å². The molecule has 1 aromatic carbocycles. The summed E-state index contributed by atoms with van der Waals surface area (Å²) in [6.45, 7) is 5.14. The predicted molar refractivity (Wildman–Crippen MR) is 81.4 cm³/mol. The molecule has 1 aromatic rings. The van der Waals surface area contributed by atoms with Gasteiger partial charge in [0, 0.05) is 5.56 Å². The van der Waals surface area contributed by atoms with Crippen LogP contribution in [0.1, 0.15) is 26.3 Å². The van der Waals surface area contributed by atoms with Gasteiger partial charge in [-0.2, -0.15) is 0 Å². The van der Waals surface area contributed by atoms with Crippen LogP contribution in [0.2, 0.25) is 0 Å². The first kappa shape index (κ1) is 15.9. The van der Waals surface area contributed by atoms with E-state index >= 15 is 0 Å². The van der Waals surface area contributed by atoms with Crippen LogP contribution >= 0.6 is 12.2 Å². The van der Waals surface area contributed by atoms with Gasteiger partial charge in [0.25, 0.3) is 0 Å². The Kier molecular flexibility index (Phi) is 4.92. The van der Waals surface area contributed by atoms with Crippen molar-refractivity contribution >= 4 is 27.0 Å². The zero-order valence-corrected chi connectivity index (χ0v) is 13.0. The molecule has 0 saturated carbocycles. The van der Waals surface area contributed by atoms with Gasteiger partial charge in [-0.15, -0.1) is 0 Å². The van der Waals surface area contributed by atoms with E-state index in [1.807, 2.05) is 0 Å². The fourth-order valence-corrected chi connectivity index (χ4v) is 2.36. The van der Waals surface area contributed by atoms with Crippen LogP contribution in [0.5, 0.6) is 5.75 Å². The van der Waals surface area contributed by atoms with Crippen LogP contribution in [-0.4, -0.2) is 30.5 Å². The third-order valence-corrected chi connectivity index (χ3v) is 5.48. The largest absolute Gasteiger partial charge is 0.493 e. The maximum atomic E-state index is 11.9. The molecule has 0 unspecified atom stereocenters. The van der Waals surface area contributed by atoms with Crippen molar-refractivity contribution in [3.8, 4) is 5.75 Å². The van der Waals surface area contributed by atoms with Crippen LogP contribution < -0.4 is 10.5 Å². The molecule has 6 heteroatoms. The summed E-state index contributed by atoms with van der Waals surface area (Å²) < 4.78 is 28.5. The molecular weight excluding hydrogens is 282 g/mol. The van der Waals surface area contributed by atoms with Gasteiger partial charge in [-0.05, 0) is 32.9 Å². The van der Waals surface area contributed by atoms with E-state index in [1.165, 1.54) is 0 Å². The Morgan fingerprint density at radius 1 is 1.37 bits per heavy atom. The summed E-state index contributed by atoms with van der Waals surface area (Å²) in [6, 6.07) is 6.99. The Balaban J connectivity index is 2.64. The number of ether oxygens (including phenoxy) is 1. The summed E-state index contributed by atoms with van der Waals surface area (Å²) in [5.41, 5.74) is 6.22. The normalized spacial score (nSPS) is 12.2. The average molecular weight is 301 g/mol. The molecule has 4 nitrogen and oxygen atoms in total. The standard InChI is InChI=1S/C13H19NO3S2/c1-13(2,3)19(15,16)8-7-17-11-6-4-5-10(9-11)12(14)18/h4-6,9H,7-8H2,1-3H3,(H2,14,18). The van der Waals surface area contributed by atoms with Crippen molar-refractivity contribution in [1.29, 1.82) is 0 Å². The van der Waals surface area contributed by atoms with Gasteiger partial charge in [-0.25, -0.2) is 8.42 Å². The number of rotatable bonds is 5.